The lowest BCUT2D eigenvalue weighted by Gasteiger charge is -2.51. The molecule has 0 saturated carbocycles. The summed E-state index contributed by atoms with van der Waals surface area (Å²) in [7, 11) is 0. The van der Waals surface area contributed by atoms with Gasteiger partial charge in [0, 0.05) is 33.5 Å². The van der Waals surface area contributed by atoms with Crippen LogP contribution in [0.5, 0.6) is 0 Å². The first-order valence-corrected chi connectivity index (χ1v) is 20.8. The highest BCUT2D eigenvalue weighted by atomic mass is 15.1. The van der Waals surface area contributed by atoms with Gasteiger partial charge in [0.1, 0.15) is 0 Å². The summed E-state index contributed by atoms with van der Waals surface area (Å²) in [5, 5.41) is 2.54. The van der Waals surface area contributed by atoms with E-state index >= 15 is 0 Å². The minimum Gasteiger partial charge on any atom is -0.312 e. The number of benzene rings is 9. The lowest BCUT2D eigenvalue weighted by molar-refractivity contribution is 0.757. The molecule has 3 aliphatic rings. The molecule has 1 spiro atoms. The molecule has 3 aliphatic heterocycles. The van der Waals surface area contributed by atoms with Gasteiger partial charge in [-0.1, -0.05) is 192 Å². The van der Waals surface area contributed by atoms with Crippen molar-refractivity contribution in [3.8, 4) is 5.69 Å². The molecule has 0 atom stereocenters. The van der Waals surface area contributed by atoms with Gasteiger partial charge >= 0.3 is 0 Å². The van der Waals surface area contributed by atoms with Crippen molar-refractivity contribution in [1.29, 1.82) is 0 Å². The van der Waals surface area contributed by atoms with Crippen molar-refractivity contribution < 1.29 is 0 Å². The normalized spacial score (nSPS) is 14.1. The van der Waals surface area contributed by atoms with E-state index in [1.54, 1.807) is 0 Å². The summed E-state index contributed by atoms with van der Waals surface area (Å²) in [6.45, 7) is 0.129. The molecule has 1 aromatic heterocycles. The zero-order valence-corrected chi connectivity index (χ0v) is 32.3. The fourth-order valence-corrected chi connectivity index (χ4v) is 11.5. The molecule has 4 heteroatoms. The summed E-state index contributed by atoms with van der Waals surface area (Å²) < 4.78 is 2.44. The van der Waals surface area contributed by atoms with Crippen LogP contribution in [-0.4, -0.2) is 18.0 Å². The minimum atomic E-state index is -0.542. The summed E-state index contributed by atoms with van der Waals surface area (Å²) in [4.78, 5) is 2.50. The van der Waals surface area contributed by atoms with Gasteiger partial charge in [-0.05, 0) is 81.7 Å². The van der Waals surface area contributed by atoms with E-state index in [1.165, 1.54) is 99.6 Å². The van der Waals surface area contributed by atoms with Gasteiger partial charge in [-0.2, -0.15) is 0 Å². The lowest BCUT2D eigenvalue weighted by Crippen LogP contribution is -2.69. The summed E-state index contributed by atoms with van der Waals surface area (Å²) in [6.07, 6.45) is 0. The second-order valence-corrected chi connectivity index (χ2v) is 16.3. The molecule has 272 valence electrons. The molecule has 0 fully saturated rings. The van der Waals surface area contributed by atoms with E-state index in [2.05, 4.69) is 228 Å². The molecule has 0 aliphatic carbocycles. The van der Waals surface area contributed by atoms with Crippen LogP contribution in [0.4, 0.5) is 17.1 Å². The first-order chi connectivity index (χ1) is 29.3. The number of para-hydroxylation sites is 4. The second-order valence-electron chi connectivity index (χ2n) is 16.3. The number of hydrogen-bond acceptors (Lipinski definition) is 1. The second kappa shape index (κ2) is 12.4. The molecular formula is C55H36B2N2. The number of hydrogen-bond donors (Lipinski definition) is 0. The van der Waals surface area contributed by atoms with Crippen molar-refractivity contribution in [3.63, 3.8) is 0 Å². The highest BCUT2D eigenvalue weighted by Crippen LogP contribution is 2.49. The highest BCUT2D eigenvalue weighted by molar-refractivity contribution is 6.99. The number of fused-ring (bicyclic) bond motifs is 13. The first kappa shape index (κ1) is 32.8. The molecule has 13 rings (SSSR count). The minimum absolute atomic E-state index is 0.0330. The maximum absolute atomic E-state index is 2.50. The average molecular weight is 747 g/mol. The van der Waals surface area contributed by atoms with Crippen LogP contribution >= 0.6 is 0 Å². The van der Waals surface area contributed by atoms with E-state index < -0.39 is 5.41 Å². The largest absolute Gasteiger partial charge is 0.312 e. The lowest BCUT2D eigenvalue weighted by atomic mass is 9.25. The highest BCUT2D eigenvalue weighted by Gasteiger charge is 2.55. The molecule has 0 bridgehead atoms. The van der Waals surface area contributed by atoms with Crippen molar-refractivity contribution in [2.75, 3.05) is 4.90 Å². The van der Waals surface area contributed by atoms with Gasteiger partial charge in [0.15, 0.2) is 0 Å². The number of nitrogens with zero attached hydrogens (tertiary/aromatic N) is 2. The molecule has 59 heavy (non-hydrogen) atoms. The maximum atomic E-state index is 2.50. The summed E-state index contributed by atoms with van der Waals surface area (Å²) >= 11 is 0. The van der Waals surface area contributed by atoms with E-state index in [0.717, 1.165) is 0 Å². The van der Waals surface area contributed by atoms with E-state index in [9.17, 15) is 0 Å². The topological polar surface area (TPSA) is 8.17 Å². The Morgan fingerprint density at radius 3 is 1.54 bits per heavy atom. The fourth-order valence-electron chi connectivity index (χ4n) is 11.5. The summed E-state index contributed by atoms with van der Waals surface area (Å²) in [6, 6.07) is 82.0. The first-order valence-electron chi connectivity index (χ1n) is 20.8. The standard InChI is InChI=1S/C55H36B2N2/c1-3-18-38(19-4-1)58-50-31-15-7-22-40(50)41-35-34-37(36-53(41)58)56-46-27-11-8-23-42(46)55(43-24-9-12-28-47(43)56)44-25-10-13-29-48(44)57-49-30-14-16-32-51(49)59(39-20-5-2-6-21-39)52-33-17-26-45(55)54(52)57/h1-36H. The van der Waals surface area contributed by atoms with Crippen LogP contribution in [0.1, 0.15) is 22.3 Å². The molecule has 0 saturated heterocycles. The average Bonchev–Trinajstić information content (AvgIpc) is 3.64. The van der Waals surface area contributed by atoms with Crippen LogP contribution in [0, 0.1) is 0 Å². The van der Waals surface area contributed by atoms with Crippen molar-refractivity contribution in [1.82, 2.24) is 4.57 Å². The predicted octanol–water partition coefficient (Wildman–Crippen LogP) is 8.61. The quantitative estimate of drug-likeness (QED) is 0.165. The fraction of sp³-hybridized carbons (Fsp3) is 0.0182. The molecular weight excluding hydrogens is 710 g/mol. The summed E-state index contributed by atoms with van der Waals surface area (Å²) in [5.41, 5.74) is 20.3. The van der Waals surface area contributed by atoms with Crippen molar-refractivity contribution in [2.24, 2.45) is 0 Å². The SMILES string of the molecule is c1ccc(N2c3ccccc3B3c4ccccc4C4(c5ccccc5B(c5ccc6c7ccccc7n(-c7ccccc7)c6c5)c5ccccc54)c4cccc2c43)cc1. The third kappa shape index (κ3) is 4.33. The van der Waals surface area contributed by atoms with Crippen molar-refractivity contribution >= 4 is 85.1 Å². The van der Waals surface area contributed by atoms with Crippen LogP contribution in [-0.2, 0) is 5.41 Å². The molecule has 4 heterocycles. The number of aromatic nitrogens is 1. The molecule has 10 aromatic rings. The van der Waals surface area contributed by atoms with E-state index in [1.807, 2.05) is 0 Å². The van der Waals surface area contributed by atoms with Gasteiger partial charge in [0.2, 0.25) is 13.4 Å². The molecule has 0 unspecified atom stereocenters. The number of rotatable bonds is 3. The molecule has 0 N–H and O–H groups in total. The molecule has 2 nitrogen and oxygen atoms in total. The smallest absolute Gasteiger partial charge is 0.247 e. The van der Waals surface area contributed by atoms with E-state index in [-0.39, 0.29) is 13.4 Å². The van der Waals surface area contributed by atoms with E-state index in [0.29, 0.717) is 0 Å². The number of anilines is 3. The predicted molar refractivity (Wildman–Crippen MR) is 250 cm³/mol. The van der Waals surface area contributed by atoms with Crippen LogP contribution in [0.25, 0.3) is 27.5 Å². The molecule has 0 radical (unpaired) electrons. The van der Waals surface area contributed by atoms with Crippen molar-refractivity contribution in [2.45, 2.75) is 5.41 Å². The van der Waals surface area contributed by atoms with Gasteiger partial charge in [-0.3, -0.25) is 0 Å². The van der Waals surface area contributed by atoms with Crippen molar-refractivity contribution in [3.05, 3.63) is 241 Å². The zero-order chi connectivity index (χ0) is 38.7. The van der Waals surface area contributed by atoms with Gasteiger partial charge in [-0.25, -0.2) is 0 Å². The van der Waals surface area contributed by atoms with Crippen LogP contribution < -0.4 is 37.7 Å². The van der Waals surface area contributed by atoms with Crippen LogP contribution in [0.2, 0.25) is 0 Å². The van der Waals surface area contributed by atoms with Gasteiger partial charge < -0.3 is 9.47 Å². The Balaban J connectivity index is 1.11. The third-order valence-electron chi connectivity index (χ3n) is 13.6. The Bertz CT molecular complexity index is 3270. The molecule has 9 aromatic carbocycles. The zero-order valence-electron chi connectivity index (χ0n) is 32.3. The van der Waals surface area contributed by atoms with Gasteiger partial charge in [0.05, 0.1) is 16.4 Å². The maximum Gasteiger partial charge on any atom is 0.247 e. The Labute approximate surface area is 344 Å². The van der Waals surface area contributed by atoms with Crippen LogP contribution in [0.15, 0.2) is 218 Å². The van der Waals surface area contributed by atoms with E-state index in [4.69, 9.17) is 0 Å². The Morgan fingerprint density at radius 2 is 0.847 bits per heavy atom. The van der Waals surface area contributed by atoms with Crippen LogP contribution in [0.3, 0.4) is 0 Å². The Hall–Kier alpha value is -7.29. The van der Waals surface area contributed by atoms with Gasteiger partial charge in [0.25, 0.3) is 0 Å². The Kier molecular flexibility index (Phi) is 6.86. The third-order valence-corrected chi connectivity index (χ3v) is 13.6. The molecule has 0 amide bonds. The Morgan fingerprint density at radius 1 is 0.339 bits per heavy atom. The summed E-state index contributed by atoms with van der Waals surface area (Å²) in [5.74, 6) is 0. The monoisotopic (exact) mass is 746 g/mol. The van der Waals surface area contributed by atoms with Gasteiger partial charge in [-0.15, -0.1) is 0 Å².